The van der Waals surface area contributed by atoms with Gasteiger partial charge < -0.3 is 11.5 Å². The Balaban J connectivity index is 2.37. The van der Waals surface area contributed by atoms with Crippen LogP contribution in [0.4, 0.5) is 0 Å². The van der Waals surface area contributed by atoms with E-state index in [-0.39, 0.29) is 17.2 Å². The maximum absolute atomic E-state index is 11.7. The first-order valence-corrected chi connectivity index (χ1v) is 7.15. The number of rotatable bonds is 7. The summed E-state index contributed by atoms with van der Waals surface area (Å²) in [5.74, 6) is -0.367. The molecular weight excluding hydrogens is 228 g/mol. The van der Waals surface area contributed by atoms with E-state index in [1.54, 1.807) is 0 Å². The van der Waals surface area contributed by atoms with Gasteiger partial charge in [0.1, 0.15) is 0 Å². The van der Waals surface area contributed by atoms with Crippen LogP contribution < -0.4 is 11.5 Å². The van der Waals surface area contributed by atoms with E-state index in [4.69, 9.17) is 11.5 Å². The van der Waals surface area contributed by atoms with Crippen molar-refractivity contribution in [3.8, 4) is 0 Å². The number of hydrogen-bond acceptors (Lipinski definition) is 2. The summed E-state index contributed by atoms with van der Waals surface area (Å²) in [7, 11) is 0. The molecule has 4 heteroatoms. The maximum Gasteiger partial charge on any atom is 0.223 e. The zero-order valence-electron chi connectivity index (χ0n) is 11.2. The van der Waals surface area contributed by atoms with Crippen molar-refractivity contribution in [2.75, 3.05) is 0 Å². The third kappa shape index (κ3) is 4.67. The summed E-state index contributed by atoms with van der Waals surface area (Å²) >= 11 is 0. The fourth-order valence-corrected chi connectivity index (χ4v) is 2.96. The van der Waals surface area contributed by atoms with E-state index < -0.39 is 0 Å². The van der Waals surface area contributed by atoms with Crippen LogP contribution in [0.5, 0.6) is 0 Å². The van der Waals surface area contributed by atoms with E-state index in [0.29, 0.717) is 6.42 Å². The average Bonchev–Trinajstić information content (AvgIpc) is 2.54. The molecule has 18 heavy (non-hydrogen) atoms. The highest BCUT2D eigenvalue weighted by Gasteiger charge is 2.35. The van der Waals surface area contributed by atoms with E-state index in [0.717, 1.165) is 51.4 Å². The molecule has 4 N–H and O–H groups in total. The molecule has 2 amide bonds. The molecule has 0 aromatic rings. The summed E-state index contributed by atoms with van der Waals surface area (Å²) in [6.45, 7) is 0. The standard InChI is InChI=1S/C14H26N2O2/c15-12(17)8-4-3-7-11-14(13(16)18)9-5-1-2-6-10-14/h1-11H2,(H2,15,17)(H2,16,18). The summed E-state index contributed by atoms with van der Waals surface area (Å²) in [4.78, 5) is 22.4. The van der Waals surface area contributed by atoms with Crippen LogP contribution in [-0.4, -0.2) is 11.8 Å². The first kappa shape index (κ1) is 15.0. The second-order valence-electron chi connectivity index (χ2n) is 5.59. The summed E-state index contributed by atoms with van der Waals surface area (Å²) in [6, 6.07) is 0. The van der Waals surface area contributed by atoms with Crippen LogP contribution in [-0.2, 0) is 9.59 Å². The molecule has 0 aliphatic heterocycles. The Kier molecular flexibility index (Phi) is 6.16. The SMILES string of the molecule is NC(=O)CCCCCC1(C(N)=O)CCCCCC1. The molecule has 1 saturated carbocycles. The summed E-state index contributed by atoms with van der Waals surface area (Å²) in [6.07, 6.45) is 10.6. The van der Waals surface area contributed by atoms with Crippen LogP contribution in [0.3, 0.4) is 0 Å². The van der Waals surface area contributed by atoms with Gasteiger partial charge in [0.05, 0.1) is 0 Å². The molecule has 0 aromatic carbocycles. The topological polar surface area (TPSA) is 86.2 Å². The zero-order valence-corrected chi connectivity index (χ0v) is 11.2. The molecule has 0 heterocycles. The number of primary amides is 2. The van der Waals surface area contributed by atoms with Crippen LogP contribution >= 0.6 is 0 Å². The van der Waals surface area contributed by atoms with Gasteiger partial charge in [-0.15, -0.1) is 0 Å². The van der Waals surface area contributed by atoms with Crippen LogP contribution in [0.15, 0.2) is 0 Å². The predicted molar refractivity (Wildman–Crippen MR) is 71.6 cm³/mol. The van der Waals surface area contributed by atoms with Crippen molar-refractivity contribution < 1.29 is 9.59 Å². The molecule has 1 fully saturated rings. The van der Waals surface area contributed by atoms with Crippen LogP contribution in [0.25, 0.3) is 0 Å². The first-order chi connectivity index (χ1) is 8.57. The molecule has 0 bridgehead atoms. The quantitative estimate of drug-likeness (QED) is 0.539. The molecule has 0 radical (unpaired) electrons. The normalized spacial score (nSPS) is 19.1. The van der Waals surface area contributed by atoms with Crippen molar-refractivity contribution in [3.05, 3.63) is 0 Å². The van der Waals surface area contributed by atoms with E-state index in [1.165, 1.54) is 12.8 Å². The molecule has 1 rings (SSSR count). The maximum atomic E-state index is 11.7. The number of unbranched alkanes of at least 4 members (excludes halogenated alkanes) is 2. The number of carbonyl (C=O) groups is 2. The highest BCUT2D eigenvalue weighted by molar-refractivity contribution is 5.80. The predicted octanol–water partition coefficient (Wildman–Crippen LogP) is 2.25. The van der Waals surface area contributed by atoms with Gasteiger partial charge in [-0.05, 0) is 25.7 Å². The molecule has 0 saturated heterocycles. The smallest absolute Gasteiger partial charge is 0.223 e. The molecule has 0 unspecified atom stereocenters. The lowest BCUT2D eigenvalue weighted by molar-refractivity contribution is -0.129. The number of hydrogen-bond donors (Lipinski definition) is 2. The molecule has 1 aliphatic rings. The van der Waals surface area contributed by atoms with Crippen LogP contribution in [0.2, 0.25) is 0 Å². The Morgan fingerprint density at radius 1 is 0.889 bits per heavy atom. The van der Waals surface area contributed by atoms with Crippen molar-refractivity contribution >= 4 is 11.8 Å². The highest BCUT2D eigenvalue weighted by atomic mass is 16.1. The molecule has 104 valence electrons. The first-order valence-electron chi connectivity index (χ1n) is 7.15. The van der Waals surface area contributed by atoms with Crippen molar-refractivity contribution in [2.45, 2.75) is 70.6 Å². The van der Waals surface area contributed by atoms with Crippen molar-refractivity contribution in [3.63, 3.8) is 0 Å². The Morgan fingerprint density at radius 2 is 1.50 bits per heavy atom. The summed E-state index contributed by atoms with van der Waals surface area (Å²) in [5, 5.41) is 0. The number of carbonyl (C=O) groups excluding carboxylic acids is 2. The fourth-order valence-electron chi connectivity index (χ4n) is 2.96. The van der Waals surface area contributed by atoms with E-state index >= 15 is 0 Å². The van der Waals surface area contributed by atoms with Gasteiger partial charge in [-0.1, -0.05) is 38.5 Å². The fraction of sp³-hybridized carbons (Fsp3) is 0.857. The average molecular weight is 254 g/mol. The third-order valence-corrected chi connectivity index (χ3v) is 4.16. The van der Waals surface area contributed by atoms with Crippen molar-refractivity contribution in [2.24, 2.45) is 16.9 Å². The Labute approximate surface area is 109 Å². The van der Waals surface area contributed by atoms with Gasteiger partial charge in [0.15, 0.2) is 0 Å². The second kappa shape index (κ2) is 7.39. The van der Waals surface area contributed by atoms with E-state index in [1.807, 2.05) is 0 Å². The van der Waals surface area contributed by atoms with Gasteiger partial charge in [-0.25, -0.2) is 0 Å². The molecule has 0 atom stereocenters. The Hall–Kier alpha value is -1.06. The van der Waals surface area contributed by atoms with Gasteiger partial charge in [-0.3, -0.25) is 9.59 Å². The minimum Gasteiger partial charge on any atom is -0.370 e. The van der Waals surface area contributed by atoms with Crippen LogP contribution in [0.1, 0.15) is 70.6 Å². The highest BCUT2D eigenvalue weighted by Crippen LogP contribution is 2.39. The molecule has 1 aliphatic carbocycles. The third-order valence-electron chi connectivity index (χ3n) is 4.16. The van der Waals surface area contributed by atoms with Gasteiger partial charge in [0.25, 0.3) is 0 Å². The van der Waals surface area contributed by atoms with Crippen molar-refractivity contribution in [1.82, 2.24) is 0 Å². The lowest BCUT2D eigenvalue weighted by Crippen LogP contribution is -2.36. The number of nitrogens with two attached hydrogens (primary N) is 2. The van der Waals surface area contributed by atoms with E-state index in [9.17, 15) is 9.59 Å². The molecular formula is C14H26N2O2. The lowest BCUT2D eigenvalue weighted by Gasteiger charge is -2.29. The monoisotopic (exact) mass is 254 g/mol. The van der Waals surface area contributed by atoms with Gasteiger partial charge >= 0.3 is 0 Å². The van der Waals surface area contributed by atoms with Gasteiger partial charge in [0, 0.05) is 11.8 Å². The Bertz CT molecular complexity index is 282. The zero-order chi connectivity index (χ0) is 13.4. The minimum absolute atomic E-state index is 0.126. The Morgan fingerprint density at radius 3 is 2.00 bits per heavy atom. The minimum atomic E-state index is -0.275. The summed E-state index contributed by atoms with van der Waals surface area (Å²) in [5.41, 5.74) is 10.4. The van der Waals surface area contributed by atoms with Crippen molar-refractivity contribution in [1.29, 1.82) is 0 Å². The largest absolute Gasteiger partial charge is 0.370 e. The van der Waals surface area contributed by atoms with Crippen LogP contribution in [0, 0.1) is 5.41 Å². The van der Waals surface area contributed by atoms with Gasteiger partial charge in [-0.2, -0.15) is 0 Å². The molecule has 4 nitrogen and oxygen atoms in total. The molecule has 0 spiro atoms. The van der Waals surface area contributed by atoms with E-state index in [2.05, 4.69) is 0 Å². The second-order valence-corrected chi connectivity index (χ2v) is 5.59. The molecule has 0 aromatic heterocycles. The summed E-state index contributed by atoms with van der Waals surface area (Å²) < 4.78 is 0. The lowest BCUT2D eigenvalue weighted by atomic mass is 9.75. The number of amides is 2. The van der Waals surface area contributed by atoms with Gasteiger partial charge in [0.2, 0.25) is 11.8 Å².